The Morgan fingerprint density at radius 2 is 2.14 bits per heavy atom. The molecule has 0 radical (unpaired) electrons. The molecule has 0 bridgehead atoms. The number of hydrogen-bond acceptors (Lipinski definition) is 4. The molecule has 0 aliphatic carbocycles. The van der Waals surface area contributed by atoms with Gasteiger partial charge in [-0.25, -0.2) is 0 Å². The Hall–Kier alpha value is -1.18. The van der Waals surface area contributed by atoms with Crippen molar-refractivity contribution in [3.05, 3.63) is 38.3 Å². The molecule has 1 aliphatic heterocycles. The highest BCUT2D eigenvalue weighted by atomic mass is 79.9. The van der Waals surface area contributed by atoms with Gasteiger partial charge in [0.1, 0.15) is 0 Å². The van der Waals surface area contributed by atoms with Crippen LogP contribution in [0.2, 0.25) is 0 Å². The molecule has 1 unspecified atom stereocenters. The van der Waals surface area contributed by atoms with Crippen LogP contribution >= 0.6 is 28.3 Å². The number of halogens is 2. The molecule has 1 fully saturated rings. The van der Waals surface area contributed by atoms with Crippen molar-refractivity contribution in [3.8, 4) is 0 Å². The number of non-ortho nitro benzene ring substituents is 1. The van der Waals surface area contributed by atoms with Gasteiger partial charge in [-0.3, -0.25) is 14.9 Å². The van der Waals surface area contributed by atoms with Gasteiger partial charge >= 0.3 is 0 Å². The average Bonchev–Trinajstić information content (AvgIpc) is 2.40. The maximum absolute atomic E-state index is 12.6. The van der Waals surface area contributed by atoms with E-state index in [1.165, 1.54) is 18.2 Å². The van der Waals surface area contributed by atoms with E-state index in [1.807, 2.05) is 13.8 Å². The number of nitrogens with two attached hydrogens (primary N) is 1. The van der Waals surface area contributed by atoms with Gasteiger partial charge in [-0.1, -0.05) is 13.8 Å². The smallest absolute Gasteiger partial charge is 0.270 e. The van der Waals surface area contributed by atoms with Crippen molar-refractivity contribution in [3.63, 3.8) is 0 Å². The fourth-order valence-corrected chi connectivity index (χ4v) is 3.04. The summed E-state index contributed by atoms with van der Waals surface area (Å²) < 4.78 is 0.439. The van der Waals surface area contributed by atoms with E-state index in [-0.39, 0.29) is 35.5 Å². The minimum Gasteiger partial charge on any atom is -0.338 e. The Labute approximate surface area is 143 Å². The molecular formula is C14H19BrClN3O3. The van der Waals surface area contributed by atoms with Crippen LogP contribution in [-0.2, 0) is 0 Å². The molecule has 6 nitrogen and oxygen atoms in total. The molecule has 1 aromatic carbocycles. The molecule has 0 aromatic heterocycles. The molecule has 1 amide bonds. The third-order valence-electron chi connectivity index (χ3n) is 3.99. The van der Waals surface area contributed by atoms with Gasteiger partial charge in [-0.15, -0.1) is 12.4 Å². The summed E-state index contributed by atoms with van der Waals surface area (Å²) in [5.41, 5.74) is 6.33. The van der Waals surface area contributed by atoms with E-state index in [0.717, 1.165) is 6.42 Å². The number of piperidine rings is 1. The molecule has 1 saturated heterocycles. The first-order valence-electron chi connectivity index (χ1n) is 6.71. The van der Waals surface area contributed by atoms with Gasteiger partial charge in [0.15, 0.2) is 0 Å². The summed E-state index contributed by atoms with van der Waals surface area (Å²) in [6.45, 7) is 5.27. The predicted octanol–water partition coefficient (Wildman–Crippen LogP) is 2.98. The Bertz CT molecular complexity index is 595. The fraction of sp³-hybridized carbons (Fsp3) is 0.500. The standard InChI is InChI=1S/C14H18BrN3O3.ClH/c1-14(2)8-17(6-5-12(14)16)13(19)10-4-3-9(18(20)21)7-11(10)15;/h3-4,7,12H,5-6,8,16H2,1-2H3;1H. The van der Waals surface area contributed by atoms with Crippen LogP contribution < -0.4 is 5.73 Å². The van der Waals surface area contributed by atoms with Crippen molar-refractivity contribution in [1.82, 2.24) is 4.90 Å². The Balaban J connectivity index is 0.00000242. The largest absolute Gasteiger partial charge is 0.338 e. The van der Waals surface area contributed by atoms with Crippen LogP contribution in [-0.4, -0.2) is 34.9 Å². The van der Waals surface area contributed by atoms with Crippen LogP contribution in [0.15, 0.2) is 22.7 Å². The number of nitro benzene ring substituents is 1. The molecule has 1 atom stereocenters. The van der Waals surface area contributed by atoms with Gasteiger partial charge in [0.25, 0.3) is 11.6 Å². The average molecular weight is 393 g/mol. The van der Waals surface area contributed by atoms with Crippen molar-refractivity contribution in [2.24, 2.45) is 11.1 Å². The van der Waals surface area contributed by atoms with Crippen LogP contribution in [0, 0.1) is 15.5 Å². The Morgan fingerprint density at radius 1 is 1.50 bits per heavy atom. The van der Waals surface area contributed by atoms with E-state index < -0.39 is 4.92 Å². The minimum absolute atomic E-state index is 0. The number of carbonyl (C=O) groups is 1. The normalized spacial score (nSPS) is 20.2. The molecule has 0 saturated carbocycles. The number of nitro groups is 1. The van der Waals surface area contributed by atoms with E-state index >= 15 is 0 Å². The second-order valence-corrected chi connectivity index (χ2v) is 6.89. The van der Waals surface area contributed by atoms with Gasteiger partial charge in [0, 0.05) is 35.7 Å². The van der Waals surface area contributed by atoms with E-state index in [9.17, 15) is 14.9 Å². The van der Waals surface area contributed by atoms with Crippen LogP contribution in [0.4, 0.5) is 5.69 Å². The fourth-order valence-electron chi connectivity index (χ4n) is 2.51. The van der Waals surface area contributed by atoms with Crippen LogP contribution in [0.5, 0.6) is 0 Å². The van der Waals surface area contributed by atoms with Crippen LogP contribution in [0.25, 0.3) is 0 Å². The van der Waals surface area contributed by atoms with E-state index in [0.29, 0.717) is 23.1 Å². The van der Waals surface area contributed by atoms with Gasteiger partial charge in [-0.05, 0) is 33.8 Å². The van der Waals surface area contributed by atoms with E-state index in [2.05, 4.69) is 15.9 Å². The first kappa shape index (κ1) is 18.9. The molecule has 0 spiro atoms. The molecule has 1 aromatic rings. The molecule has 8 heteroatoms. The first-order valence-corrected chi connectivity index (χ1v) is 7.50. The van der Waals surface area contributed by atoms with Gasteiger partial charge in [0.05, 0.1) is 10.5 Å². The first-order chi connectivity index (χ1) is 9.72. The number of amides is 1. The number of carbonyl (C=O) groups excluding carboxylic acids is 1. The molecular weight excluding hydrogens is 374 g/mol. The van der Waals surface area contributed by atoms with Gasteiger partial charge < -0.3 is 10.6 Å². The van der Waals surface area contributed by atoms with Gasteiger partial charge in [-0.2, -0.15) is 0 Å². The maximum Gasteiger partial charge on any atom is 0.270 e. The Kier molecular flexibility index (Phi) is 5.95. The zero-order chi connectivity index (χ0) is 15.8. The molecule has 1 aliphatic rings. The van der Waals surface area contributed by atoms with Crippen LogP contribution in [0.3, 0.4) is 0 Å². The summed E-state index contributed by atoms with van der Waals surface area (Å²) >= 11 is 3.25. The highest BCUT2D eigenvalue weighted by molar-refractivity contribution is 9.10. The number of likely N-dealkylation sites (tertiary alicyclic amines) is 1. The Morgan fingerprint density at radius 3 is 2.64 bits per heavy atom. The van der Waals surface area contributed by atoms with Gasteiger partial charge in [0.2, 0.25) is 0 Å². The molecule has 1 heterocycles. The molecule has 2 N–H and O–H groups in total. The number of hydrogen-bond donors (Lipinski definition) is 1. The van der Waals surface area contributed by atoms with E-state index in [4.69, 9.17) is 5.73 Å². The monoisotopic (exact) mass is 391 g/mol. The van der Waals surface area contributed by atoms with Crippen molar-refractivity contribution in [1.29, 1.82) is 0 Å². The lowest BCUT2D eigenvalue weighted by Gasteiger charge is -2.42. The van der Waals surface area contributed by atoms with E-state index in [1.54, 1.807) is 4.90 Å². The van der Waals surface area contributed by atoms with Crippen molar-refractivity contribution in [2.75, 3.05) is 13.1 Å². The van der Waals surface area contributed by atoms with Crippen molar-refractivity contribution in [2.45, 2.75) is 26.3 Å². The summed E-state index contributed by atoms with van der Waals surface area (Å²) in [5, 5.41) is 10.7. The molecule has 22 heavy (non-hydrogen) atoms. The summed E-state index contributed by atoms with van der Waals surface area (Å²) in [6.07, 6.45) is 0.753. The second-order valence-electron chi connectivity index (χ2n) is 6.03. The number of benzene rings is 1. The molecule has 122 valence electrons. The second kappa shape index (κ2) is 6.93. The third-order valence-corrected chi connectivity index (χ3v) is 4.65. The van der Waals surface area contributed by atoms with Crippen molar-refractivity contribution < 1.29 is 9.72 Å². The zero-order valence-corrected chi connectivity index (χ0v) is 14.8. The lowest BCUT2D eigenvalue weighted by molar-refractivity contribution is -0.384. The number of rotatable bonds is 2. The highest BCUT2D eigenvalue weighted by Gasteiger charge is 2.36. The lowest BCUT2D eigenvalue weighted by atomic mass is 9.79. The van der Waals surface area contributed by atoms with Crippen LogP contribution in [0.1, 0.15) is 30.6 Å². The van der Waals surface area contributed by atoms with Crippen molar-refractivity contribution >= 4 is 39.9 Å². The SMILES string of the molecule is CC1(C)CN(C(=O)c2ccc([N+](=O)[O-])cc2Br)CCC1N.Cl. The quantitative estimate of drug-likeness (QED) is 0.619. The lowest BCUT2D eigenvalue weighted by Crippen LogP contribution is -2.54. The maximum atomic E-state index is 12.6. The summed E-state index contributed by atoms with van der Waals surface area (Å²) in [4.78, 5) is 24.6. The summed E-state index contributed by atoms with van der Waals surface area (Å²) in [7, 11) is 0. The molecule has 2 rings (SSSR count). The number of nitrogens with zero attached hydrogens (tertiary/aromatic N) is 2. The third kappa shape index (κ3) is 3.77. The summed E-state index contributed by atoms with van der Waals surface area (Å²) in [6, 6.07) is 4.26. The minimum atomic E-state index is -0.484. The zero-order valence-electron chi connectivity index (χ0n) is 12.4. The highest BCUT2D eigenvalue weighted by Crippen LogP contribution is 2.30. The summed E-state index contributed by atoms with van der Waals surface area (Å²) in [5.74, 6) is -0.128. The predicted molar refractivity (Wildman–Crippen MR) is 90.3 cm³/mol. The topological polar surface area (TPSA) is 89.5 Å².